The summed E-state index contributed by atoms with van der Waals surface area (Å²) in [6.07, 6.45) is 8.15. The molecule has 5 nitrogen and oxygen atoms in total. The molecule has 2 aliphatic rings. The van der Waals surface area contributed by atoms with Crippen LogP contribution in [0.1, 0.15) is 50.4 Å². The largest absolute Gasteiger partial charge is 0.494 e. The lowest BCUT2D eigenvalue weighted by atomic mass is 9.94. The van der Waals surface area contributed by atoms with Crippen LogP contribution in [-0.4, -0.2) is 27.7 Å². The molecule has 0 amide bonds. The van der Waals surface area contributed by atoms with Crippen molar-refractivity contribution in [1.29, 1.82) is 0 Å². The highest BCUT2D eigenvalue weighted by Gasteiger charge is 2.30. The number of benzene rings is 1. The minimum absolute atomic E-state index is 0.556. The van der Waals surface area contributed by atoms with Crippen molar-refractivity contribution < 1.29 is 9.15 Å². The van der Waals surface area contributed by atoms with Gasteiger partial charge in [-0.05, 0) is 67.9 Å². The van der Waals surface area contributed by atoms with Crippen LogP contribution >= 0.6 is 11.8 Å². The van der Waals surface area contributed by atoms with Crippen molar-refractivity contribution in [2.75, 3.05) is 6.61 Å². The molecule has 1 aliphatic heterocycles. The summed E-state index contributed by atoms with van der Waals surface area (Å²) in [7, 11) is 0. The van der Waals surface area contributed by atoms with E-state index in [2.05, 4.69) is 17.0 Å². The Kier molecular flexibility index (Phi) is 5.67. The lowest BCUT2D eigenvalue weighted by molar-refractivity contribution is 0.238. The number of thioether (sulfide) groups is 1. The Bertz CT molecular complexity index is 1040. The van der Waals surface area contributed by atoms with Crippen LogP contribution < -0.4 is 4.74 Å². The third kappa shape index (κ3) is 4.06. The fraction of sp³-hybridized carbons (Fsp3) is 0.417. The van der Waals surface area contributed by atoms with Crippen LogP contribution in [-0.2, 0) is 13.1 Å². The maximum absolute atomic E-state index is 5.69. The zero-order chi connectivity index (χ0) is 20.3. The van der Waals surface area contributed by atoms with Gasteiger partial charge in [-0.15, -0.1) is 0 Å². The summed E-state index contributed by atoms with van der Waals surface area (Å²) >= 11 is 1.70. The summed E-state index contributed by atoms with van der Waals surface area (Å²) < 4.78 is 11.2. The number of hydrogen-bond donors (Lipinski definition) is 0. The summed E-state index contributed by atoms with van der Waals surface area (Å²) in [6.45, 7) is 4.12. The molecule has 0 atom stereocenters. The van der Waals surface area contributed by atoms with E-state index in [-0.39, 0.29) is 0 Å². The van der Waals surface area contributed by atoms with Crippen molar-refractivity contribution in [2.45, 2.75) is 63.2 Å². The standard InChI is InChI=1S/C24H27N3O2S/c1-2-28-20-10-11-22-17(14-20)13-18-16-27(19-7-4-3-5-8-19)24(30-23(18)26-22)25-15-21-9-6-12-29-21/h6,9-14,19H,2-5,7-8,15-16H2,1H3. The van der Waals surface area contributed by atoms with Crippen LogP contribution in [0.25, 0.3) is 10.9 Å². The Balaban J connectivity index is 1.49. The van der Waals surface area contributed by atoms with Gasteiger partial charge in [0, 0.05) is 23.5 Å². The SMILES string of the molecule is CCOc1ccc2nc3c(cc2c1)CN(C1CCCCC1)C(=NCc1ccco1)S3. The van der Waals surface area contributed by atoms with Gasteiger partial charge in [0.05, 0.1) is 24.9 Å². The monoisotopic (exact) mass is 421 g/mol. The van der Waals surface area contributed by atoms with Gasteiger partial charge in [-0.1, -0.05) is 19.3 Å². The quantitative estimate of drug-likeness (QED) is 0.504. The van der Waals surface area contributed by atoms with Gasteiger partial charge in [-0.25, -0.2) is 4.98 Å². The molecule has 1 fully saturated rings. The van der Waals surface area contributed by atoms with Crippen molar-refractivity contribution in [3.05, 3.63) is 54.0 Å². The number of fused-ring (bicyclic) bond motifs is 2. The highest BCUT2D eigenvalue weighted by Crippen LogP contribution is 2.37. The van der Waals surface area contributed by atoms with E-state index in [0.29, 0.717) is 19.2 Å². The van der Waals surface area contributed by atoms with Gasteiger partial charge in [0.1, 0.15) is 16.5 Å². The van der Waals surface area contributed by atoms with Gasteiger partial charge in [-0.2, -0.15) is 0 Å². The molecule has 0 saturated heterocycles. The maximum atomic E-state index is 5.69. The van der Waals surface area contributed by atoms with Gasteiger partial charge >= 0.3 is 0 Å². The zero-order valence-corrected chi connectivity index (χ0v) is 18.2. The van der Waals surface area contributed by atoms with E-state index in [1.165, 1.54) is 37.7 Å². The van der Waals surface area contributed by atoms with E-state index in [9.17, 15) is 0 Å². The summed E-state index contributed by atoms with van der Waals surface area (Å²) in [5.41, 5.74) is 2.28. The molecule has 0 spiro atoms. The number of aliphatic imine (C=N–C) groups is 1. The Labute approximate surface area is 181 Å². The number of rotatable bonds is 5. The number of amidine groups is 1. The molecular weight excluding hydrogens is 394 g/mol. The van der Waals surface area contributed by atoms with Gasteiger partial charge in [0.2, 0.25) is 0 Å². The first kappa shape index (κ1) is 19.5. The van der Waals surface area contributed by atoms with Crippen molar-refractivity contribution >= 4 is 27.8 Å². The molecular formula is C24H27N3O2S. The number of hydrogen-bond acceptors (Lipinski definition) is 5. The molecule has 6 heteroatoms. The summed E-state index contributed by atoms with van der Waals surface area (Å²) in [5.74, 6) is 1.80. The third-order valence-electron chi connectivity index (χ3n) is 5.88. The van der Waals surface area contributed by atoms with Crippen LogP contribution in [0.15, 0.2) is 57.1 Å². The molecule has 0 bridgehead atoms. The van der Waals surface area contributed by atoms with Crippen molar-refractivity contribution in [3.8, 4) is 5.75 Å². The lowest BCUT2D eigenvalue weighted by Gasteiger charge is -2.39. The second kappa shape index (κ2) is 8.72. The predicted molar refractivity (Wildman–Crippen MR) is 121 cm³/mol. The van der Waals surface area contributed by atoms with Crippen LogP contribution in [0, 0.1) is 0 Å². The molecule has 1 aliphatic carbocycles. The van der Waals surface area contributed by atoms with E-state index in [1.54, 1.807) is 18.0 Å². The summed E-state index contributed by atoms with van der Waals surface area (Å²) in [5, 5.41) is 3.28. The normalized spacial score (nSPS) is 18.7. The molecule has 0 N–H and O–H groups in total. The highest BCUT2D eigenvalue weighted by atomic mass is 32.2. The van der Waals surface area contributed by atoms with E-state index >= 15 is 0 Å². The first-order valence-electron chi connectivity index (χ1n) is 10.9. The topological polar surface area (TPSA) is 50.9 Å². The molecule has 3 aromatic rings. The molecule has 1 aromatic carbocycles. The Morgan fingerprint density at radius 2 is 2.10 bits per heavy atom. The fourth-order valence-electron chi connectivity index (χ4n) is 4.38. The number of ether oxygens (including phenoxy) is 1. The molecule has 2 aromatic heterocycles. The van der Waals surface area contributed by atoms with Gasteiger partial charge in [0.15, 0.2) is 5.17 Å². The smallest absolute Gasteiger partial charge is 0.166 e. The van der Waals surface area contributed by atoms with E-state index in [0.717, 1.165) is 39.2 Å². The number of aromatic nitrogens is 1. The molecule has 156 valence electrons. The highest BCUT2D eigenvalue weighted by molar-refractivity contribution is 8.13. The Hall–Kier alpha value is -2.47. The minimum atomic E-state index is 0.556. The molecule has 1 saturated carbocycles. The second-order valence-electron chi connectivity index (χ2n) is 7.94. The van der Waals surface area contributed by atoms with Gasteiger partial charge < -0.3 is 14.1 Å². The zero-order valence-electron chi connectivity index (χ0n) is 17.3. The van der Waals surface area contributed by atoms with Crippen molar-refractivity contribution in [2.24, 2.45) is 4.99 Å². The van der Waals surface area contributed by atoms with Gasteiger partial charge in [-0.3, -0.25) is 4.99 Å². The molecule has 0 unspecified atom stereocenters. The van der Waals surface area contributed by atoms with Crippen LogP contribution in [0.4, 0.5) is 0 Å². The Morgan fingerprint density at radius 1 is 1.20 bits per heavy atom. The fourth-order valence-corrected chi connectivity index (χ4v) is 5.42. The van der Waals surface area contributed by atoms with Crippen LogP contribution in [0.5, 0.6) is 5.75 Å². The maximum Gasteiger partial charge on any atom is 0.166 e. The average molecular weight is 422 g/mol. The first-order valence-corrected chi connectivity index (χ1v) is 11.7. The number of pyridine rings is 1. The lowest BCUT2D eigenvalue weighted by Crippen LogP contribution is -2.41. The minimum Gasteiger partial charge on any atom is -0.494 e. The molecule has 3 heterocycles. The van der Waals surface area contributed by atoms with Gasteiger partial charge in [0.25, 0.3) is 0 Å². The second-order valence-corrected chi connectivity index (χ2v) is 8.90. The third-order valence-corrected chi connectivity index (χ3v) is 6.97. The molecule has 0 radical (unpaired) electrons. The van der Waals surface area contributed by atoms with Crippen LogP contribution in [0.2, 0.25) is 0 Å². The van der Waals surface area contributed by atoms with Crippen LogP contribution in [0.3, 0.4) is 0 Å². The average Bonchev–Trinajstić information content (AvgIpc) is 3.30. The molecule has 30 heavy (non-hydrogen) atoms. The molecule has 5 rings (SSSR count). The Morgan fingerprint density at radius 3 is 2.90 bits per heavy atom. The van der Waals surface area contributed by atoms with E-state index < -0.39 is 0 Å². The predicted octanol–water partition coefficient (Wildman–Crippen LogP) is 6.02. The van der Waals surface area contributed by atoms with Crippen molar-refractivity contribution in [1.82, 2.24) is 9.88 Å². The number of nitrogens with zero attached hydrogens (tertiary/aromatic N) is 3. The number of furan rings is 1. The summed E-state index contributed by atoms with van der Waals surface area (Å²) in [6, 6.07) is 12.9. The van der Waals surface area contributed by atoms with E-state index in [4.69, 9.17) is 19.1 Å². The summed E-state index contributed by atoms with van der Waals surface area (Å²) in [4.78, 5) is 12.4. The van der Waals surface area contributed by atoms with Crippen molar-refractivity contribution in [3.63, 3.8) is 0 Å². The van der Waals surface area contributed by atoms with E-state index in [1.807, 2.05) is 31.2 Å². The first-order chi connectivity index (χ1) is 14.8.